The third kappa shape index (κ3) is 5.98. The summed E-state index contributed by atoms with van der Waals surface area (Å²) in [6.45, 7) is 4.46. The summed E-state index contributed by atoms with van der Waals surface area (Å²) < 4.78 is 46.9. The van der Waals surface area contributed by atoms with Gasteiger partial charge in [-0.3, -0.25) is 4.79 Å². The van der Waals surface area contributed by atoms with Crippen molar-refractivity contribution in [3.05, 3.63) is 64.0 Å². The first kappa shape index (κ1) is 27.2. The van der Waals surface area contributed by atoms with Gasteiger partial charge < -0.3 is 20.0 Å². The number of carbonyl (C=O) groups excluding carboxylic acids is 1. The van der Waals surface area contributed by atoms with Gasteiger partial charge in [-0.1, -0.05) is 23.6 Å². The minimum atomic E-state index is -4.77. The molecular formula is C27H26F3N5O2S. The number of aromatic nitrogens is 2. The van der Waals surface area contributed by atoms with E-state index in [-0.39, 0.29) is 22.1 Å². The lowest BCUT2D eigenvalue weighted by Crippen LogP contribution is -2.22. The maximum Gasteiger partial charge on any atom is 0.451 e. The molecule has 2 N–H and O–H groups in total. The maximum atomic E-state index is 13.6. The van der Waals surface area contributed by atoms with Crippen LogP contribution in [0.2, 0.25) is 0 Å². The van der Waals surface area contributed by atoms with Crippen LogP contribution >= 0.6 is 11.3 Å². The minimum absolute atomic E-state index is 0.00722. The van der Waals surface area contributed by atoms with Crippen molar-refractivity contribution in [2.24, 2.45) is 0 Å². The number of hydrogen-bond donors (Lipinski definition) is 2. The molecule has 198 valence electrons. The lowest BCUT2D eigenvalue weighted by molar-refractivity contribution is -0.144. The fraction of sp³-hybridized carbons (Fsp3) is 0.296. The van der Waals surface area contributed by atoms with Crippen molar-refractivity contribution in [2.45, 2.75) is 32.6 Å². The number of nitrogens with one attached hydrogen (secondary N) is 2. The quantitative estimate of drug-likeness (QED) is 0.271. The van der Waals surface area contributed by atoms with Crippen molar-refractivity contribution >= 4 is 33.3 Å². The molecule has 0 fully saturated rings. The fourth-order valence-electron chi connectivity index (χ4n) is 3.89. The lowest BCUT2D eigenvalue weighted by Gasteiger charge is -2.15. The molecule has 1 atom stereocenters. The van der Waals surface area contributed by atoms with Gasteiger partial charge in [-0.2, -0.15) is 13.2 Å². The average Bonchev–Trinajstić information content (AvgIpc) is 3.50. The molecule has 0 saturated heterocycles. The van der Waals surface area contributed by atoms with Crippen LogP contribution in [0.4, 0.5) is 19.0 Å². The molecule has 4 rings (SSSR count). The average molecular weight is 542 g/mol. The molecule has 7 nitrogen and oxygen atoms in total. The summed E-state index contributed by atoms with van der Waals surface area (Å²) in [5.74, 6) is 1.60. The van der Waals surface area contributed by atoms with E-state index in [2.05, 4.69) is 37.5 Å². The topological polar surface area (TPSA) is 83.3 Å². The van der Waals surface area contributed by atoms with Crippen LogP contribution < -0.4 is 10.6 Å². The van der Waals surface area contributed by atoms with E-state index in [1.54, 1.807) is 13.0 Å². The number of hydrogen-bond acceptors (Lipinski definition) is 7. The van der Waals surface area contributed by atoms with E-state index in [4.69, 9.17) is 10.8 Å². The first-order valence-corrected chi connectivity index (χ1v) is 12.5. The molecule has 0 saturated carbocycles. The van der Waals surface area contributed by atoms with Crippen LogP contribution in [-0.4, -0.2) is 41.4 Å². The number of fused-ring (bicyclic) bond motifs is 1. The highest BCUT2D eigenvalue weighted by atomic mass is 32.1. The Morgan fingerprint density at radius 3 is 2.66 bits per heavy atom. The SMILES string of the molecule is C#CCNC(=O)c1cc2c(NC(C)c3ccc(-c4cc(C)ccc4CN(C)C)o3)nc(C(F)(F)F)nc2s1. The van der Waals surface area contributed by atoms with Gasteiger partial charge in [0, 0.05) is 12.1 Å². The second-order valence-electron chi connectivity index (χ2n) is 9.08. The molecule has 0 bridgehead atoms. The minimum Gasteiger partial charge on any atom is -0.459 e. The van der Waals surface area contributed by atoms with Gasteiger partial charge in [0.2, 0.25) is 5.82 Å². The van der Waals surface area contributed by atoms with Gasteiger partial charge in [0.05, 0.1) is 22.8 Å². The largest absolute Gasteiger partial charge is 0.459 e. The number of terminal acetylenes is 1. The number of anilines is 1. The van der Waals surface area contributed by atoms with Crippen molar-refractivity contribution in [1.82, 2.24) is 20.2 Å². The van der Waals surface area contributed by atoms with Gasteiger partial charge in [-0.05, 0) is 57.8 Å². The Morgan fingerprint density at radius 1 is 1.21 bits per heavy atom. The Morgan fingerprint density at radius 2 is 1.97 bits per heavy atom. The number of carbonyl (C=O) groups is 1. The summed E-state index contributed by atoms with van der Waals surface area (Å²) in [5.41, 5.74) is 3.11. The summed E-state index contributed by atoms with van der Waals surface area (Å²) in [5, 5.41) is 5.82. The van der Waals surface area contributed by atoms with Gasteiger partial charge in [0.25, 0.3) is 5.91 Å². The number of nitrogens with zero attached hydrogens (tertiary/aromatic N) is 3. The van der Waals surface area contributed by atoms with Crippen LogP contribution in [0.1, 0.15) is 45.3 Å². The van der Waals surface area contributed by atoms with E-state index >= 15 is 0 Å². The monoisotopic (exact) mass is 541 g/mol. The Bertz CT molecular complexity index is 1520. The first-order chi connectivity index (χ1) is 18.0. The van der Waals surface area contributed by atoms with Crippen molar-refractivity contribution in [3.63, 3.8) is 0 Å². The van der Waals surface area contributed by atoms with E-state index in [1.807, 2.05) is 39.2 Å². The molecule has 3 heterocycles. The van der Waals surface area contributed by atoms with Crippen molar-refractivity contribution in [1.29, 1.82) is 0 Å². The standard InChI is InChI=1S/C27H26F3N5O2S/c1-6-11-31-24(36)22-13-19-23(33-26(27(28,29)30)34-25(19)38-22)32-16(3)20-9-10-21(37-20)18-12-15(2)7-8-17(18)14-35(4)5/h1,7-10,12-13,16H,11,14H2,2-5H3,(H,31,36)(H,32,33,34). The Balaban J connectivity index is 1.68. The normalized spacial score (nSPS) is 12.5. The molecule has 0 aliphatic heterocycles. The van der Waals surface area contributed by atoms with Crippen molar-refractivity contribution in [3.8, 4) is 23.7 Å². The zero-order valence-corrected chi connectivity index (χ0v) is 22.0. The number of aryl methyl sites for hydroxylation is 1. The summed E-state index contributed by atoms with van der Waals surface area (Å²) in [4.78, 5) is 22.0. The second kappa shape index (κ2) is 10.8. The van der Waals surface area contributed by atoms with Gasteiger partial charge in [0.1, 0.15) is 22.2 Å². The molecule has 1 aromatic carbocycles. The van der Waals surface area contributed by atoms with Crippen LogP contribution in [0.3, 0.4) is 0 Å². The number of alkyl halides is 3. The van der Waals surface area contributed by atoms with Crippen LogP contribution in [-0.2, 0) is 12.7 Å². The summed E-state index contributed by atoms with van der Waals surface area (Å²) >= 11 is 0.833. The number of thiophene rings is 1. The zero-order chi connectivity index (χ0) is 27.6. The highest BCUT2D eigenvalue weighted by molar-refractivity contribution is 7.20. The van der Waals surface area contributed by atoms with Crippen LogP contribution in [0.15, 0.2) is 40.8 Å². The van der Waals surface area contributed by atoms with Gasteiger partial charge in [-0.15, -0.1) is 17.8 Å². The molecule has 3 aromatic heterocycles. The van der Waals surface area contributed by atoms with E-state index in [0.717, 1.165) is 28.0 Å². The van der Waals surface area contributed by atoms with Gasteiger partial charge in [-0.25, -0.2) is 9.97 Å². The highest BCUT2D eigenvalue weighted by Crippen LogP contribution is 2.36. The summed E-state index contributed by atoms with van der Waals surface area (Å²) in [6.07, 6.45) is 0.409. The predicted molar refractivity (Wildman–Crippen MR) is 142 cm³/mol. The molecule has 1 unspecified atom stereocenters. The Labute approximate surface area is 222 Å². The molecule has 38 heavy (non-hydrogen) atoms. The third-order valence-electron chi connectivity index (χ3n) is 5.65. The van der Waals surface area contributed by atoms with Crippen LogP contribution in [0.25, 0.3) is 21.5 Å². The predicted octanol–water partition coefficient (Wildman–Crippen LogP) is 5.88. The molecule has 1 amide bonds. The molecule has 0 aliphatic rings. The smallest absolute Gasteiger partial charge is 0.451 e. The first-order valence-electron chi connectivity index (χ1n) is 11.7. The molecular weight excluding hydrogens is 515 g/mol. The van der Waals surface area contributed by atoms with Crippen LogP contribution in [0.5, 0.6) is 0 Å². The summed E-state index contributed by atoms with van der Waals surface area (Å²) in [6, 6.07) is 10.7. The molecule has 0 spiro atoms. The Kier molecular flexibility index (Phi) is 7.76. The Hall–Kier alpha value is -3.88. The van der Waals surface area contributed by atoms with E-state index in [1.165, 1.54) is 6.07 Å². The maximum absolute atomic E-state index is 13.6. The van der Waals surface area contributed by atoms with Gasteiger partial charge >= 0.3 is 6.18 Å². The van der Waals surface area contributed by atoms with Gasteiger partial charge in [0.15, 0.2) is 0 Å². The molecule has 0 radical (unpaired) electrons. The highest BCUT2D eigenvalue weighted by Gasteiger charge is 2.36. The molecule has 4 aromatic rings. The lowest BCUT2D eigenvalue weighted by atomic mass is 10.0. The number of halogens is 3. The third-order valence-corrected chi connectivity index (χ3v) is 6.67. The van der Waals surface area contributed by atoms with E-state index in [0.29, 0.717) is 23.5 Å². The number of rotatable bonds is 8. The molecule has 11 heteroatoms. The number of furan rings is 1. The molecule has 0 aliphatic carbocycles. The van der Waals surface area contributed by atoms with E-state index in [9.17, 15) is 18.0 Å². The van der Waals surface area contributed by atoms with E-state index < -0.39 is 23.9 Å². The number of amides is 1. The van der Waals surface area contributed by atoms with Crippen molar-refractivity contribution in [2.75, 3.05) is 26.0 Å². The number of benzene rings is 1. The summed E-state index contributed by atoms with van der Waals surface area (Å²) in [7, 11) is 3.96. The van der Waals surface area contributed by atoms with Crippen LogP contribution in [0, 0.1) is 19.3 Å². The van der Waals surface area contributed by atoms with Crippen molar-refractivity contribution < 1.29 is 22.4 Å². The zero-order valence-electron chi connectivity index (χ0n) is 21.2. The fourth-order valence-corrected chi connectivity index (χ4v) is 4.84. The second-order valence-corrected chi connectivity index (χ2v) is 10.1.